The van der Waals surface area contributed by atoms with Crippen LogP contribution in [0.25, 0.3) is 0 Å². The third-order valence-corrected chi connectivity index (χ3v) is 5.12. The fourth-order valence-electron chi connectivity index (χ4n) is 3.66. The van der Waals surface area contributed by atoms with Crippen LogP contribution in [0.3, 0.4) is 0 Å². The zero-order chi connectivity index (χ0) is 19.5. The van der Waals surface area contributed by atoms with Crippen molar-refractivity contribution in [1.29, 1.82) is 0 Å². The first-order valence-corrected chi connectivity index (χ1v) is 9.47. The van der Waals surface area contributed by atoms with Crippen molar-refractivity contribution in [3.05, 3.63) is 101 Å². The fraction of sp³-hybridized carbons (Fsp3) is 0.167. The minimum absolute atomic E-state index is 0.0336. The summed E-state index contributed by atoms with van der Waals surface area (Å²) in [6.07, 6.45) is 0.863. The summed E-state index contributed by atoms with van der Waals surface area (Å²) in [5.41, 5.74) is 4.35. The number of rotatable bonds is 4. The lowest BCUT2D eigenvalue weighted by atomic mass is 10.1. The number of anilines is 1. The molecule has 0 fully saturated rings. The van der Waals surface area contributed by atoms with Crippen molar-refractivity contribution in [3.63, 3.8) is 0 Å². The van der Waals surface area contributed by atoms with Gasteiger partial charge < -0.3 is 10.2 Å². The predicted octanol–water partition coefficient (Wildman–Crippen LogP) is 4.21. The van der Waals surface area contributed by atoms with Crippen LogP contribution < -0.4 is 10.2 Å². The molecule has 0 spiro atoms. The van der Waals surface area contributed by atoms with E-state index < -0.39 is 0 Å². The van der Waals surface area contributed by atoms with Gasteiger partial charge in [0.25, 0.3) is 11.8 Å². The second kappa shape index (κ2) is 7.69. The number of benzene rings is 3. The van der Waals surface area contributed by atoms with Gasteiger partial charge in [-0.15, -0.1) is 0 Å². The Bertz CT molecular complexity index is 997. The molecule has 4 heteroatoms. The second-order valence-corrected chi connectivity index (χ2v) is 7.10. The molecule has 0 bridgehead atoms. The third-order valence-electron chi connectivity index (χ3n) is 5.12. The summed E-state index contributed by atoms with van der Waals surface area (Å²) in [5.74, 6) is -0.184. The van der Waals surface area contributed by atoms with Gasteiger partial charge in [-0.2, -0.15) is 0 Å². The first-order valence-electron chi connectivity index (χ1n) is 9.47. The van der Waals surface area contributed by atoms with Crippen LogP contribution in [-0.2, 0) is 13.0 Å². The fourth-order valence-corrected chi connectivity index (χ4v) is 3.66. The average Bonchev–Trinajstić information content (AvgIpc) is 3.08. The summed E-state index contributed by atoms with van der Waals surface area (Å²) >= 11 is 0. The molecule has 4 rings (SSSR count). The van der Waals surface area contributed by atoms with Crippen molar-refractivity contribution in [3.8, 4) is 0 Å². The lowest BCUT2D eigenvalue weighted by Crippen LogP contribution is -2.35. The molecular weight excluding hydrogens is 348 g/mol. The summed E-state index contributed by atoms with van der Waals surface area (Å²) in [6, 6.07) is 24.8. The molecule has 28 heavy (non-hydrogen) atoms. The van der Waals surface area contributed by atoms with E-state index in [0.29, 0.717) is 17.7 Å². The number of amides is 2. The highest BCUT2D eigenvalue weighted by molar-refractivity contribution is 6.08. The van der Waals surface area contributed by atoms with Gasteiger partial charge in [-0.3, -0.25) is 9.59 Å². The van der Waals surface area contributed by atoms with Crippen LogP contribution in [0.4, 0.5) is 5.69 Å². The van der Waals surface area contributed by atoms with Gasteiger partial charge in [0.2, 0.25) is 0 Å². The maximum atomic E-state index is 13.0. The average molecular weight is 370 g/mol. The van der Waals surface area contributed by atoms with Crippen molar-refractivity contribution in [2.45, 2.75) is 25.9 Å². The van der Waals surface area contributed by atoms with Gasteiger partial charge in [0.1, 0.15) is 0 Å². The molecule has 0 aliphatic carbocycles. The number of carbonyl (C=O) groups excluding carboxylic acids is 2. The van der Waals surface area contributed by atoms with E-state index in [1.165, 1.54) is 5.56 Å². The molecule has 1 unspecified atom stereocenters. The Labute approximate surface area is 164 Å². The zero-order valence-electron chi connectivity index (χ0n) is 15.8. The van der Waals surface area contributed by atoms with Crippen LogP contribution in [0.15, 0.2) is 78.9 Å². The van der Waals surface area contributed by atoms with Crippen molar-refractivity contribution < 1.29 is 9.59 Å². The van der Waals surface area contributed by atoms with Crippen molar-refractivity contribution >= 4 is 17.5 Å². The van der Waals surface area contributed by atoms with Crippen LogP contribution in [0.2, 0.25) is 0 Å². The smallest absolute Gasteiger partial charge is 0.258 e. The van der Waals surface area contributed by atoms with E-state index in [2.05, 4.69) is 18.3 Å². The lowest BCUT2D eigenvalue weighted by molar-refractivity contribution is 0.0947. The molecule has 0 aromatic heterocycles. The zero-order valence-corrected chi connectivity index (χ0v) is 15.8. The summed E-state index contributed by atoms with van der Waals surface area (Å²) in [4.78, 5) is 27.2. The SMILES string of the molecule is CC1Cc2ccccc2N1C(=O)c1ccc(C(=O)NCc2ccccc2)cc1. The minimum atomic E-state index is -0.150. The van der Waals surface area contributed by atoms with E-state index in [-0.39, 0.29) is 17.9 Å². The van der Waals surface area contributed by atoms with Crippen molar-refractivity contribution in [1.82, 2.24) is 5.32 Å². The van der Waals surface area contributed by atoms with Gasteiger partial charge in [-0.05, 0) is 54.8 Å². The molecule has 2 amide bonds. The third kappa shape index (κ3) is 3.54. The molecule has 1 aliphatic rings. The van der Waals surface area contributed by atoms with E-state index in [1.807, 2.05) is 53.4 Å². The number of hydrogen-bond donors (Lipinski definition) is 1. The van der Waals surface area contributed by atoms with Crippen LogP contribution in [0, 0.1) is 0 Å². The van der Waals surface area contributed by atoms with Gasteiger partial charge in [0.05, 0.1) is 0 Å². The molecule has 1 heterocycles. The molecule has 1 aliphatic heterocycles. The number of hydrogen-bond acceptors (Lipinski definition) is 2. The van der Waals surface area contributed by atoms with E-state index in [0.717, 1.165) is 17.7 Å². The molecule has 3 aromatic rings. The molecule has 1 atom stereocenters. The number of para-hydroxylation sites is 1. The summed E-state index contributed by atoms with van der Waals surface area (Å²) in [5, 5.41) is 2.90. The van der Waals surface area contributed by atoms with E-state index in [4.69, 9.17) is 0 Å². The maximum absolute atomic E-state index is 13.0. The second-order valence-electron chi connectivity index (χ2n) is 7.10. The Balaban J connectivity index is 1.46. The van der Waals surface area contributed by atoms with Gasteiger partial charge in [0.15, 0.2) is 0 Å². The molecular formula is C24H22N2O2. The molecule has 3 aromatic carbocycles. The number of nitrogens with one attached hydrogen (secondary N) is 1. The first-order chi connectivity index (χ1) is 13.6. The molecule has 0 saturated carbocycles. The van der Waals surface area contributed by atoms with Gasteiger partial charge in [0, 0.05) is 29.4 Å². The van der Waals surface area contributed by atoms with Crippen LogP contribution in [0.1, 0.15) is 38.8 Å². The Kier molecular flexibility index (Phi) is 4.94. The molecule has 0 saturated heterocycles. The predicted molar refractivity (Wildman–Crippen MR) is 110 cm³/mol. The summed E-state index contributed by atoms with van der Waals surface area (Å²) in [7, 11) is 0. The van der Waals surface area contributed by atoms with Crippen LogP contribution in [0.5, 0.6) is 0 Å². The number of nitrogens with zero attached hydrogens (tertiary/aromatic N) is 1. The quantitative estimate of drug-likeness (QED) is 0.748. The van der Waals surface area contributed by atoms with E-state index >= 15 is 0 Å². The lowest BCUT2D eigenvalue weighted by Gasteiger charge is -2.23. The Hall–Kier alpha value is -3.40. The summed E-state index contributed by atoms with van der Waals surface area (Å²) in [6.45, 7) is 2.53. The highest BCUT2D eigenvalue weighted by Crippen LogP contribution is 2.33. The van der Waals surface area contributed by atoms with Crippen LogP contribution >= 0.6 is 0 Å². The van der Waals surface area contributed by atoms with Crippen LogP contribution in [-0.4, -0.2) is 17.9 Å². The molecule has 4 nitrogen and oxygen atoms in total. The van der Waals surface area contributed by atoms with E-state index in [1.54, 1.807) is 24.3 Å². The van der Waals surface area contributed by atoms with Gasteiger partial charge >= 0.3 is 0 Å². The maximum Gasteiger partial charge on any atom is 0.258 e. The normalized spacial score (nSPS) is 15.2. The highest BCUT2D eigenvalue weighted by Gasteiger charge is 2.31. The summed E-state index contributed by atoms with van der Waals surface area (Å²) < 4.78 is 0. The molecule has 1 N–H and O–H groups in total. The Morgan fingerprint density at radius 2 is 1.54 bits per heavy atom. The van der Waals surface area contributed by atoms with Gasteiger partial charge in [-0.1, -0.05) is 48.5 Å². The van der Waals surface area contributed by atoms with Crippen molar-refractivity contribution in [2.24, 2.45) is 0 Å². The van der Waals surface area contributed by atoms with Crippen molar-refractivity contribution in [2.75, 3.05) is 4.90 Å². The monoisotopic (exact) mass is 370 g/mol. The Morgan fingerprint density at radius 1 is 0.893 bits per heavy atom. The molecule has 0 radical (unpaired) electrons. The molecule has 140 valence electrons. The Morgan fingerprint density at radius 3 is 2.29 bits per heavy atom. The number of fused-ring (bicyclic) bond motifs is 1. The first kappa shape index (κ1) is 18.0. The minimum Gasteiger partial charge on any atom is -0.348 e. The van der Waals surface area contributed by atoms with E-state index in [9.17, 15) is 9.59 Å². The number of carbonyl (C=O) groups is 2. The standard InChI is InChI=1S/C24H22N2O2/c1-17-15-21-9-5-6-10-22(21)26(17)24(28)20-13-11-19(12-14-20)23(27)25-16-18-7-3-2-4-8-18/h2-14,17H,15-16H2,1H3,(H,25,27). The topological polar surface area (TPSA) is 49.4 Å². The highest BCUT2D eigenvalue weighted by atomic mass is 16.2. The van der Waals surface area contributed by atoms with Gasteiger partial charge in [-0.25, -0.2) is 0 Å². The largest absolute Gasteiger partial charge is 0.348 e.